The number of nitrogens with zero attached hydrogens (tertiary/aromatic N) is 1. The molecule has 2 aromatic heterocycles. The molecule has 1 aliphatic rings. The largest absolute Gasteiger partial charge is 0.307 e. The van der Waals surface area contributed by atoms with Gasteiger partial charge in [0.1, 0.15) is 4.21 Å². The summed E-state index contributed by atoms with van der Waals surface area (Å²) in [5, 5.41) is 1.89. The van der Waals surface area contributed by atoms with Crippen LogP contribution in [0.2, 0.25) is 0 Å². The van der Waals surface area contributed by atoms with Crippen LogP contribution < -0.4 is 9.62 Å². The summed E-state index contributed by atoms with van der Waals surface area (Å²) in [5.41, 5.74) is 2.36. The van der Waals surface area contributed by atoms with Gasteiger partial charge in [-0.3, -0.25) is 9.52 Å². The van der Waals surface area contributed by atoms with Crippen LogP contribution in [0.15, 0.2) is 52.1 Å². The highest BCUT2D eigenvalue weighted by Gasteiger charge is 2.25. The molecule has 0 atom stereocenters. The van der Waals surface area contributed by atoms with Gasteiger partial charge in [-0.25, -0.2) is 8.42 Å². The molecule has 4 rings (SSSR count). The van der Waals surface area contributed by atoms with Crippen molar-refractivity contribution in [1.29, 1.82) is 0 Å². The number of sulfonamides is 1. The van der Waals surface area contributed by atoms with Crippen LogP contribution in [0.3, 0.4) is 0 Å². The molecular weight excluding hydrogens is 400 g/mol. The molecule has 0 bridgehead atoms. The monoisotopic (exact) mass is 418 g/mol. The first-order chi connectivity index (χ1) is 12.9. The zero-order chi connectivity index (χ0) is 19.0. The van der Waals surface area contributed by atoms with Gasteiger partial charge in [-0.2, -0.15) is 0 Å². The quantitative estimate of drug-likeness (QED) is 0.678. The van der Waals surface area contributed by atoms with E-state index in [0.717, 1.165) is 29.0 Å². The topological polar surface area (TPSA) is 66.5 Å². The minimum atomic E-state index is -3.59. The van der Waals surface area contributed by atoms with Crippen molar-refractivity contribution in [2.45, 2.75) is 24.0 Å². The van der Waals surface area contributed by atoms with Gasteiger partial charge in [0.25, 0.3) is 15.9 Å². The number of hydrogen-bond donors (Lipinski definition) is 1. The lowest BCUT2D eigenvalue weighted by Gasteiger charge is -2.29. The molecule has 5 nitrogen and oxygen atoms in total. The summed E-state index contributed by atoms with van der Waals surface area (Å²) in [4.78, 5) is 16.2. The predicted molar refractivity (Wildman–Crippen MR) is 111 cm³/mol. The molecule has 1 aromatic carbocycles. The van der Waals surface area contributed by atoms with Gasteiger partial charge in [0.15, 0.2) is 0 Å². The molecule has 1 amide bonds. The van der Waals surface area contributed by atoms with E-state index in [1.807, 2.05) is 36.6 Å². The third-order valence-corrected chi connectivity index (χ3v) is 8.14. The lowest BCUT2D eigenvalue weighted by atomic mass is 10.0. The smallest absolute Gasteiger partial charge is 0.271 e. The minimum Gasteiger partial charge on any atom is -0.307 e. The molecule has 1 N–H and O–H groups in total. The summed E-state index contributed by atoms with van der Waals surface area (Å²) >= 11 is 2.67. The van der Waals surface area contributed by atoms with Gasteiger partial charge in [-0.1, -0.05) is 6.07 Å². The van der Waals surface area contributed by atoms with Crippen molar-refractivity contribution in [3.63, 3.8) is 0 Å². The Balaban J connectivity index is 1.61. The van der Waals surface area contributed by atoms with Crippen molar-refractivity contribution >= 4 is 50.0 Å². The van der Waals surface area contributed by atoms with Crippen molar-refractivity contribution in [3.05, 3.63) is 63.2 Å². The minimum absolute atomic E-state index is 0.00617. The molecule has 3 heterocycles. The number of carbonyl (C=O) groups excluding carboxylic acids is 1. The molecular formula is C19H18N2O3S3. The average Bonchev–Trinajstić information content (AvgIpc) is 3.32. The van der Waals surface area contributed by atoms with Gasteiger partial charge in [0.05, 0.1) is 4.88 Å². The molecule has 0 aliphatic carbocycles. The van der Waals surface area contributed by atoms with E-state index in [0.29, 0.717) is 21.3 Å². The number of hydrogen-bond acceptors (Lipinski definition) is 5. The van der Waals surface area contributed by atoms with Crippen molar-refractivity contribution < 1.29 is 13.2 Å². The van der Waals surface area contributed by atoms with Crippen molar-refractivity contribution in [1.82, 2.24) is 0 Å². The summed E-state index contributed by atoms with van der Waals surface area (Å²) in [6.07, 6.45) is 1.67. The van der Waals surface area contributed by atoms with E-state index in [9.17, 15) is 13.2 Å². The first-order valence-electron chi connectivity index (χ1n) is 8.51. The highest BCUT2D eigenvalue weighted by atomic mass is 32.2. The van der Waals surface area contributed by atoms with Crippen molar-refractivity contribution in [3.8, 4) is 0 Å². The first-order valence-corrected chi connectivity index (χ1v) is 11.7. The van der Waals surface area contributed by atoms with Gasteiger partial charge < -0.3 is 4.90 Å². The van der Waals surface area contributed by atoms with Crippen LogP contribution in [0, 0.1) is 6.92 Å². The molecule has 1 aliphatic heterocycles. The van der Waals surface area contributed by atoms with Crippen LogP contribution in [-0.4, -0.2) is 20.9 Å². The average molecular weight is 419 g/mol. The van der Waals surface area contributed by atoms with Crippen LogP contribution in [-0.2, 0) is 16.4 Å². The van der Waals surface area contributed by atoms with Crippen LogP contribution >= 0.6 is 22.7 Å². The summed E-state index contributed by atoms with van der Waals surface area (Å²) in [6, 6.07) is 12.5. The number of benzene rings is 1. The van der Waals surface area contributed by atoms with E-state index in [2.05, 4.69) is 4.72 Å². The lowest BCUT2D eigenvalue weighted by molar-refractivity contribution is 0.0989. The third kappa shape index (κ3) is 3.65. The normalized spacial score (nSPS) is 14.0. The van der Waals surface area contributed by atoms with Crippen molar-refractivity contribution in [2.24, 2.45) is 0 Å². The van der Waals surface area contributed by atoms with E-state index in [1.165, 1.54) is 22.7 Å². The molecule has 8 heteroatoms. The van der Waals surface area contributed by atoms with Crippen LogP contribution in [0.25, 0.3) is 0 Å². The van der Waals surface area contributed by atoms with Gasteiger partial charge in [-0.15, -0.1) is 22.7 Å². The summed E-state index contributed by atoms with van der Waals surface area (Å²) < 4.78 is 28.0. The second kappa shape index (κ2) is 7.10. The van der Waals surface area contributed by atoms with E-state index in [1.54, 1.807) is 23.1 Å². The maximum Gasteiger partial charge on any atom is 0.271 e. The van der Waals surface area contributed by atoms with E-state index in [-0.39, 0.29) is 5.91 Å². The zero-order valence-electron chi connectivity index (χ0n) is 14.6. The Hall–Kier alpha value is -2.16. The fourth-order valence-corrected chi connectivity index (χ4v) is 6.17. The molecule has 0 saturated heterocycles. The van der Waals surface area contributed by atoms with Gasteiger partial charge in [0, 0.05) is 22.8 Å². The Bertz CT molecular complexity index is 1090. The Kier molecular flexibility index (Phi) is 4.79. The maximum absolute atomic E-state index is 12.8. The molecule has 0 spiro atoms. The Labute approximate surface area is 166 Å². The predicted octanol–water partition coefficient (Wildman–Crippen LogP) is 4.51. The number of rotatable bonds is 4. The number of thiophene rings is 2. The molecule has 140 valence electrons. The molecule has 3 aromatic rings. The molecule has 0 unspecified atom stereocenters. The molecule has 0 radical (unpaired) electrons. The zero-order valence-corrected chi connectivity index (χ0v) is 17.1. The third-order valence-electron chi connectivity index (χ3n) is 4.41. The van der Waals surface area contributed by atoms with Crippen LogP contribution in [0.4, 0.5) is 11.4 Å². The fraction of sp³-hybridized carbons (Fsp3) is 0.211. The first kappa shape index (κ1) is 18.2. The van der Waals surface area contributed by atoms with E-state index in [4.69, 9.17) is 0 Å². The summed E-state index contributed by atoms with van der Waals surface area (Å²) in [7, 11) is -3.59. The maximum atomic E-state index is 12.8. The second-order valence-electron chi connectivity index (χ2n) is 6.35. The Morgan fingerprint density at radius 3 is 2.74 bits per heavy atom. The number of nitrogens with one attached hydrogen (secondary N) is 1. The van der Waals surface area contributed by atoms with Crippen LogP contribution in [0.5, 0.6) is 0 Å². The van der Waals surface area contributed by atoms with E-state index >= 15 is 0 Å². The highest BCUT2D eigenvalue weighted by Crippen LogP contribution is 2.32. The number of aryl methyl sites for hydroxylation is 2. The standard InChI is InChI=1S/C19H18N2O3S3/c1-13-6-9-18(26-13)27(23,24)20-15-7-8-16-14(12-15)4-2-10-21(16)19(22)17-5-3-11-25-17/h3,5-9,11-12,20H,2,4,10H2,1H3. The fourth-order valence-electron chi connectivity index (χ4n) is 3.17. The van der Waals surface area contributed by atoms with Gasteiger partial charge in [-0.05, 0) is 67.1 Å². The number of carbonyl (C=O) groups is 1. The van der Waals surface area contributed by atoms with Crippen LogP contribution in [0.1, 0.15) is 26.5 Å². The number of anilines is 2. The van der Waals surface area contributed by atoms with E-state index < -0.39 is 10.0 Å². The summed E-state index contributed by atoms with van der Waals surface area (Å²) in [6.45, 7) is 2.55. The van der Waals surface area contributed by atoms with Gasteiger partial charge >= 0.3 is 0 Å². The van der Waals surface area contributed by atoms with Crippen molar-refractivity contribution in [2.75, 3.05) is 16.2 Å². The van der Waals surface area contributed by atoms with Gasteiger partial charge in [0.2, 0.25) is 0 Å². The summed E-state index contributed by atoms with van der Waals surface area (Å²) in [5.74, 6) is -0.00617. The SMILES string of the molecule is Cc1ccc(S(=O)(=O)Nc2ccc3c(c2)CCCN3C(=O)c2cccs2)s1. The Morgan fingerprint density at radius 1 is 1.19 bits per heavy atom. The number of amides is 1. The molecule has 0 fully saturated rings. The lowest BCUT2D eigenvalue weighted by Crippen LogP contribution is -2.35. The second-order valence-corrected chi connectivity index (χ2v) is 10.5. The molecule has 27 heavy (non-hydrogen) atoms. The highest BCUT2D eigenvalue weighted by molar-refractivity contribution is 7.94. The number of fused-ring (bicyclic) bond motifs is 1. The Morgan fingerprint density at radius 2 is 2.04 bits per heavy atom. The molecule has 0 saturated carbocycles.